The van der Waals surface area contributed by atoms with Gasteiger partial charge in [-0.15, -0.1) is 0 Å². The Morgan fingerprint density at radius 1 is 1.23 bits per heavy atom. The predicted molar refractivity (Wildman–Crippen MR) is 101 cm³/mol. The van der Waals surface area contributed by atoms with E-state index in [1.165, 1.54) is 0 Å². The van der Waals surface area contributed by atoms with Crippen LogP contribution in [0.2, 0.25) is 5.02 Å². The van der Waals surface area contributed by atoms with Crippen LogP contribution in [-0.4, -0.2) is 68.8 Å². The summed E-state index contributed by atoms with van der Waals surface area (Å²) in [4.78, 5) is 28.3. The molecule has 1 atom stereocenters. The second-order valence-electron chi connectivity index (χ2n) is 6.59. The van der Waals surface area contributed by atoms with Crippen molar-refractivity contribution >= 4 is 29.2 Å². The number of anilines is 1. The molecule has 0 bridgehead atoms. The molecule has 2 N–H and O–H groups in total. The van der Waals surface area contributed by atoms with Crippen molar-refractivity contribution in [3.05, 3.63) is 29.3 Å². The Morgan fingerprint density at radius 2 is 1.96 bits per heavy atom. The first-order chi connectivity index (χ1) is 12.6. The van der Waals surface area contributed by atoms with E-state index in [1.807, 2.05) is 12.1 Å². The zero-order valence-corrected chi connectivity index (χ0v) is 15.5. The number of nitrogens with one attached hydrogen (secondary N) is 2. The molecule has 0 aliphatic carbocycles. The third-order valence-electron chi connectivity index (χ3n) is 4.64. The lowest BCUT2D eigenvalue weighted by Gasteiger charge is -2.26. The van der Waals surface area contributed by atoms with Crippen LogP contribution >= 0.6 is 11.6 Å². The SMILES string of the molecule is O=C(NCCCN1CCOCC1)N[C@@H]1CC(=O)N(c2ccc(Cl)cc2)C1. The van der Waals surface area contributed by atoms with Gasteiger partial charge in [0, 0.05) is 43.3 Å². The van der Waals surface area contributed by atoms with Gasteiger partial charge < -0.3 is 20.3 Å². The van der Waals surface area contributed by atoms with Gasteiger partial charge in [-0.2, -0.15) is 0 Å². The molecule has 0 spiro atoms. The molecule has 2 fully saturated rings. The lowest BCUT2D eigenvalue weighted by molar-refractivity contribution is -0.117. The van der Waals surface area contributed by atoms with Gasteiger partial charge in [0.15, 0.2) is 0 Å². The Bertz CT molecular complexity index is 619. The van der Waals surface area contributed by atoms with E-state index in [0.717, 1.165) is 45.0 Å². The molecular formula is C18H25ClN4O3. The maximum Gasteiger partial charge on any atom is 0.315 e. The van der Waals surface area contributed by atoms with Crippen LogP contribution in [0.1, 0.15) is 12.8 Å². The highest BCUT2D eigenvalue weighted by atomic mass is 35.5. The summed E-state index contributed by atoms with van der Waals surface area (Å²) in [6.45, 7) is 5.53. The lowest BCUT2D eigenvalue weighted by Crippen LogP contribution is -2.44. The second-order valence-corrected chi connectivity index (χ2v) is 7.03. The van der Waals surface area contributed by atoms with Crippen LogP contribution in [0.25, 0.3) is 0 Å². The molecule has 2 saturated heterocycles. The number of carbonyl (C=O) groups excluding carboxylic acids is 2. The van der Waals surface area contributed by atoms with Crippen molar-refractivity contribution in [3.8, 4) is 0 Å². The van der Waals surface area contributed by atoms with E-state index >= 15 is 0 Å². The van der Waals surface area contributed by atoms with Crippen LogP contribution in [0.5, 0.6) is 0 Å². The van der Waals surface area contributed by atoms with Gasteiger partial charge in [0.1, 0.15) is 0 Å². The van der Waals surface area contributed by atoms with Crippen molar-refractivity contribution in [1.29, 1.82) is 0 Å². The molecule has 2 aliphatic heterocycles. The highest BCUT2D eigenvalue weighted by molar-refractivity contribution is 6.30. The Kier molecular flexibility index (Phi) is 6.71. The quantitative estimate of drug-likeness (QED) is 0.733. The number of urea groups is 1. The van der Waals surface area contributed by atoms with Crippen LogP contribution in [0.3, 0.4) is 0 Å². The van der Waals surface area contributed by atoms with E-state index in [2.05, 4.69) is 15.5 Å². The van der Waals surface area contributed by atoms with Crippen molar-refractivity contribution in [1.82, 2.24) is 15.5 Å². The minimum atomic E-state index is -0.220. The molecule has 0 aromatic heterocycles. The maximum atomic E-state index is 12.2. The smallest absolute Gasteiger partial charge is 0.315 e. The van der Waals surface area contributed by atoms with Crippen molar-refractivity contribution in [2.45, 2.75) is 18.9 Å². The average Bonchev–Trinajstić information content (AvgIpc) is 3.00. The summed E-state index contributed by atoms with van der Waals surface area (Å²) >= 11 is 5.88. The van der Waals surface area contributed by atoms with Crippen molar-refractivity contribution in [2.75, 3.05) is 50.8 Å². The van der Waals surface area contributed by atoms with Gasteiger partial charge in [0.05, 0.1) is 19.3 Å². The maximum absolute atomic E-state index is 12.2. The summed E-state index contributed by atoms with van der Waals surface area (Å²) in [6.07, 6.45) is 1.21. The fourth-order valence-corrected chi connectivity index (χ4v) is 3.37. The average molecular weight is 381 g/mol. The Labute approximate surface area is 158 Å². The van der Waals surface area contributed by atoms with Gasteiger partial charge in [-0.3, -0.25) is 9.69 Å². The molecule has 3 amide bonds. The standard InChI is InChI=1S/C18H25ClN4O3/c19-14-2-4-16(5-3-14)23-13-15(12-17(23)24)21-18(25)20-6-1-7-22-8-10-26-11-9-22/h2-5,15H,1,6-13H2,(H2,20,21,25)/t15-/m1/s1. The third kappa shape index (κ3) is 5.33. The topological polar surface area (TPSA) is 73.9 Å². The summed E-state index contributed by atoms with van der Waals surface area (Å²) in [6, 6.07) is 6.74. The number of hydrogen-bond acceptors (Lipinski definition) is 4. The first-order valence-electron chi connectivity index (χ1n) is 9.02. The normalized spacial score (nSPS) is 21.0. The van der Waals surface area contributed by atoms with Crippen LogP contribution in [0, 0.1) is 0 Å². The van der Waals surface area contributed by atoms with E-state index in [4.69, 9.17) is 16.3 Å². The minimum absolute atomic E-state index is 0.00457. The van der Waals surface area contributed by atoms with Crippen molar-refractivity contribution < 1.29 is 14.3 Å². The van der Waals surface area contributed by atoms with E-state index in [-0.39, 0.29) is 18.0 Å². The molecule has 0 unspecified atom stereocenters. The lowest BCUT2D eigenvalue weighted by atomic mass is 10.2. The Balaban J connectivity index is 1.36. The monoisotopic (exact) mass is 380 g/mol. The number of amides is 3. The van der Waals surface area contributed by atoms with Crippen molar-refractivity contribution in [2.24, 2.45) is 0 Å². The van der Waals surface area contributed by atoms with Crippen LogP contribution in [-0.2, 0) is 9.53 Å². The zero-order valence-electron chi connectivity index (χ0n) is 14.7. The second kappa shape index (κ2) is 9.21. The summed E-state index contributed by atoms with van der Waals surface area (Å²) in [5.41, 5.74) is 0.801. The van der Waals surface area contributed by atoms with Crippen molar-refractivity contribution in [3.63, 3.8) is 0 Å². The molecule has 7 nitrogen and oxygen atoms in total. The van der Waals surface area contributed by atoms with Gasteiger partial charge in [-0.05, 0) is 37.2 Å². The number of carbonyl (C=O) groups is 2. The number of nitrogens with zero attached hydrogens (tertiary/aromatic N) is 2. The van der Waals surface area contributed by atoms with Crippen LogP contribution in [0.4, 0.5) is 10.5 Å². The summed E-state index contributed by atoms with van der Waals surface area (Å²) in [5.74, 6) is 0.00457. The summed E-state index contributed by atoms with van der Waals surface area (Å²) in [5, 5.41) is 6.39. The molecule has 142 valence electrons. The molecule has 8 heteroatoms. The Morgan fingerprint density at radius 3 is 2.69 bits per heavy atom. The van der Waals surface area contributed by atoms with Gasteiger partial charge in [0.25, 0.3) is 0 Å². The molecule has 3 rings (SSSR count). The van der Waals surface area contributed by atoms with Gasteiger partial charge in [0.2, 0.25) is 5.91 Å². The van der Waals surface area contributed by atoms with E-state index < -0.39 is 0 Å². The number of benzene rings is 1. The van der Waals surface area contributed by atoms with E-state index in [0.29, 0.717) is 24.5 Å². The highest BCUT2D eigenvalue weighted by Crippen LogP contribution is 2.23. The molecule has 2 heterocycles. The minimum Gasteiger partial charge on any atom is -0.379 e. The fourth-order valence-electron chi connectivity index (χ4n) is 3.24. The number of rotatable bonds is 6. The van der Waals surface area contributed by atoms with Gasteiger partial charge >= 0.3 is 6.03 Å². The zero-order chi connectivity index (χ0) is 18.4. The first kappa shape index (κ1) is 18.9. The van der Waals surface area contributed by atoms with Crippen LogP contribution in [0.15, 0.2) is 24.3 Å². The number of hydrogen-bond donors (Lipinski definition) is 2. The highest BCUT2D eigenvalue weighted by Gasteiger charge is 2.31. The molecule has 0 radical (unpaired) electrons. The molecule has 2 aliphatic rings. The number of morpholine rings is 1. The Hall–Kier alpha value is -1.83. The van der Waals surface area contributed by atoms with Crippen LogP contribution < -0.4 is 15.5 Å². The van der Waals surface area contributed by atoms with Gasteiger partial charge in [-0.1, -0.05) is 11.6 Å². The molecule has 1 aromatic rings. The van der Waals surface area contributed by atoms with Gasteiger partial charge in [-0.25, -0.2) is 4.79 Å². The predicted octanol–water partition coefficient (Wildman–Crippen LogP) is 1.47. The molecular weight excluding hydrogens is 356 g/mol. The summed E-state index contributed by atoms with van der Waals surface area (Å²) in [7, 11) is 0. The first-order valence-corrected chi connectivity index (χ1v) is 9.40. The number of halogens is 1. The van der Waals surface area contributed by atoms with E-state index in [1.54, 1.807) is 17.0 Å². The third-order valence-corrected chi connectivity index (χ3v) is 4.89. The molecule has 0 saturated carbocycles. The fraction of sp³-hybridized carbons (Fsp3) is 0.556. The summed E-state index contributed by atoms with van der Waals surface area (Å²) < 4.78 is 5.31. The van der Waals surface area contributed by atoms with E-state index in [9.17, 15) is 9.59 Å². The largest absolute Gasteiger partial charge is 0.379 e. The number of ether oxygens (including phenoxy) is 1. The molecule has 26 heavy (non-hydrogen) atoms. The molecule has 1 aromatic carbocycles.